The summed E-state index contributed by atoms with van der Waals surface area (Å²) in [5.41, 5.74) is 2.36. The highest BCUT2D eigenvalue weighted by Gasteiger charge is 2.37. The van der Waals surface area contributed by atoms with Crippen molar-refractivity contribution in [1.29, 1.82) is 0 Å². The van der Waals surface area contributed by atoms with Gasteiger partial charge in [-0.25, -0.2) is 4.79 Å². The molecule has 2 aromatic rings. The van der Waals surface area contributed by atoms with Gasteiger partial charge in [-0.3, -0.25) is 9.59 Å². The second-order valence-electron chi connectivity index (χ2n) is 6.58. The molecule has 1 fully saturated rings. The summed E-state index contributed by atoms with van der Waals surface area (Å²) >= 11 is 0. The lowest BCUT2D eigenvalue weighted by molar-refractivity contribution is -0.142. The molecule has 0 spiro atoms. The summed E-state index contributed by atoms with van der Waals surface area (Å²) in [6.07, 6.45) is 0.858. The molecule has 140 valence electrons. The van der Waals surface area contributed by atoms with Crippen LogP contribution in [-0.4, -0.2) is 29.4 Å². The van der Waals surface area contributed by atoms with Crippen LogP contribution in [0.4, 0.5) is 5.69 Å². The number of benzene rings is 2. The Kier molecular flexibility index (Phi) is 5.54. The Bertz CT molecular complexity index is 850. The van der Waals surface area contributed by atoms with E-state index in [1.165, 1.54) is 0 Å². The summed E-state index contributed by atoms with van der Waals surface area (Å²) in [4.78, 5) is 38.4. The number of carboxylic acids is 1. The minimum absolute atomic E-state index is 0.0744. The number of nitrogens with zero attached hydrogens (tertiary/aromatic N) is 1. The van der Waals surface area contributed by atoms with Gasteiger partial charge in [0, 0.05) is 18.7 Å². The van der Waals surface area contributed by atoms with Gasteiger partial charge in [0.1, 0.15) is 0 Å². The number of anilines is 1. The Balaban J connectivity index is 1.74. The summed E-state index contributed by atoms with van der Waals surface area (Å²) in [5.74, 6) is -2.25. The van der Waals surface area contributed by atoms with Crippen molar-refractivity contribution in [1.82, 2.24) is 5.32 Å². The largest absolute Gasteiger partial charge is 0.479 e. The Hall–Kier alpha value is -3.15. The molecule has 0 aliphatic carbocycles. The van der Waals surface area contributed by atoms with Crippen LogP contribution in [0.25, 0.3) is 0 Å². The predicted octanol–water partition coefficient (Wildman–Crippen LogP) is 2.54. The Morgan fingerprint density at radius 1 is 1.15 bits per heavy atom. The first-order valence-electron chi connectivity index (χ1n) is 8.97. The molecule has 2 N–H and O–H groups in total. The highest BCUT2D eigenvalue weighted by atomic mass is 16.4. The molecule has 3 rings (SSSR count). The van der Waals surface area contributed by atoms with Crippen molar-refractivity contribution in [3.63, 3.8) is 0 Å². The lowest BCUT2D eigenvalue weighted by Gasteiger charge is -2.21. The van der Waals surface area contributed by atoms with Crippen LogP contribution in [0.5, 0.6) is 0 Å². The third kappa shape index (κ3) is 4.00. The molecule has 1 saturated heterocycles. The van der Waals surface area contributed by atoms with Crippen LogP contribution >= 0.6 is 0 Å². The maximum absolute atomic E-state index is 12.7. The minimum atomic E-state index is -1.13. The smallest absolute Gasteiger partial charge is 0.330 e. The first-order valence-corrected chi connectivity index (χ1v) is 8.97. The molecular weight excluding hydrogens is 344 g/mol. The standard InChI is InChI=1S/C21H22N2O4/c1-2-14-8-6-7-11-17(14)23-13-16(12-18(23)24)20(25)22-19(21(26)27)15-9-4-3-5-10-15/h3-11,16,19H,2,12-13H2,1H3,(H,22,25)(H,26,27)/t16?,19-/m1/s1. The molecule has 1 aliphatic heterocycles. The summed E-state index contributed by atoms with van der Waals surface area (Å²) in [5, 5.41) is 12.1. The third-order valence-corrected chi connectivity index (χ3v) is 4.83. The molecule has 0 bridgehead atoms. The van der Waals surface area contributed by atoms with Crippen LogP contribution in [0, 0.1) is 5.92 Å². The van der Waals surface area contributed by atoms with E-state index in [0.29, 0.717) is 5.56 Å². The van der Waals surface area contributed by atoms with Crippen LogP contribution < -0.4 is 10.2 Å². The van der Waals surface area contributed by atoms with Gasteiger partial charge in [-0.2, -0.15) is 0 Å². The molecule has 27 heavy (non-hydrogen) atoms. The average Bonchev–Trinajstić information content (AvgIpc) is 3.08. The van der Waals surface area contributed by atoms with E-state index in [2.05, 4.69) is 5.32 Å². The molecule has 0 aromatic heterocycles. The second kappa shape index (κ2) is 8.03. The number of carbonyl (C=O) groups is 3. The van der Waals surface area contributed by atoms with Gasteiger partial charge >= 0.3 is 5.97 Å². The average molecular weight is 366 g/mol. The van der Waals surface area contributed by atoms with E-state index < -0.39 is 23.8 Å². The molecule has 6 heteroatoms. The van der Waals surface area contributed by atoms with Crippen LogP contribution in [0.2, 0.25) is 0 Å². The number of hydrogen-bond acceptors (Lipinski definition) is 3. The maximum atomic E-state index is 12.7. The first-order chi connectivity index (χ1) is 13.0. The van der Waals surface area contributed by atoms with Gasteiger partial charge in [0.25, 0.3) is 0 Å². The topological polar surface area (TPSA) is 86.7 Å². The summed E-state index contributed by atoms with van der Waals surface area (Å²) in [6, 6.07) is 15.0. The molecular formula is C21H22N2O4. The van der Waals surface area contributed by atoms with Crippen molar-refractivity contribution in [3.8, 4) is 0 Å². The minimum Gasteiger partial charge on any atom is -0.479 e. The Morgan fingerprint density at radius 2 is 1.81 bits per heavy atom. The SMILES string of the molecule is CCc1ccccc1N1CC(C(=O)N[C@@H](C(=O)O)c2ccccc2)CC1=O. The van der Waals surface area contributed by atoms with Gasteiger partial charge < -0.3 is 15.3 Å². The zero-order chi connectivity index (χ0) is 19.4. The van der Waals surface area contributed by atoms with Crippen molar-refractivity contribution < 1.29 is 19.5 Å². The number of rotatable bonds is 6. The van der Waals surface area contributed by atoms with Gasteiger partial charge in [-0.15, -0.1) is 0 Å². The van der Waals surface area contributed by atoms with Crippen molar-refractivity contribution in [2.75, 3.05) is 11.4 Å². The second-order valence-corrected chi connectivity index (χ2v) is 6.58. The number of carbonyl (C=O) groups excluding carboxylic acids is 2. The number of para-hydroxylation sites is 1. The van der Waals surface area contributed by atoms with Crippen LogP contribution in [0.3, 0.4) is 0 Å². The molecule has 1 aliphatic rings. The Labute approximate surface area is 157 Å². The number of carboxylic acid groups (broad SMARTS) is 1. The molecule has 2 amide bonds. The van der Waals surface area contributed by atoms with Crippen LogP contribution in [-0.2, 0) is 20.8 Å². The third-order valence-electron chi connectivity index (χ3n) is 4.83. The maximum Gasteiger partial charge on any atom is 0.330 e. The van der Waals surface area contributed by atoms with E-state index in [0.717, 1.165) is 17.7 Å². The van der Waals surface area contributed by atoms with Crippen LogP contribution in [0.15, 0.2) is 54.6 Å². The fourth-order valence-electron chi connectivity index (χ4n) is 3.38. The zero-order valence-electron chi connectivity index (χ0n) is 15.1. The summed E-state index contributed by atoms with van der Waals surface area (Å²) in [6.45, 7) is 2.27. The van der Waals surface area contributed by atoms with Gasteiger partial charge in [0.15, 0.2) is 6.04 Å². The first kappa shape index (κ1) is 18.6. The number of hydrogen-bond donors (Lipinski definition) is 2. The van der Waals surface area contributed by atoms with E-state index in [9.17, 15) is 19.5 Å². The van der Waals surface area contributed by atoms with E-state index in [4.69, 9.17) is 0 Å². The van der Waals surface area contributed by atoms with Crippen molar-refractivity contribution >= 4 is 23.5 Å². The highest BCUT2D eigenvalue weighted by Crippen LogP contribution is 2.29. The predicted molar refractivity (Wildman–Crippen MR) is 101 cm³/mol. The summed E-state index contributed by atoms with van der Waals surface area (Å²) in [7, 11) is 0. The number of aryl methyl sites for hydroxylation is 1. The molecule has 1 unspecified atom stereocenters. The molecule has 0 saturated carbocycles. The quantitative estimate of drug-likeness (QED) is 0.823. The van der Waals surface area contributed by atoms with E-state index in [1.54, 1.807) is 35.2 Å². The monoisotopic (exact) mass is 366 g/mol. The lowest BCUT2D eigenvalue weighted by atomic mass is 10.0. The lowest BCUT2D eigenvalue weighted by Crippen LogP contribution is -2.38. The van der Waals surface area contributed by atoms with Crippen molar-refractivity contribution in [2.45, 2.75) is 25.8 Å². The normalized spacial score (nSPS) is 17.6. The molecule has 6 nitrogen and oxygen atoms in total. The number of amides is 2. The van der Waals surface area contributed by atoms with Gasteiger partial charge in [0.2, 0.25) is 11.8 Å². The zero-order valence-corrected chi connectivity index (χ0v) is 15.1. The van der Waals surface area contributed by atoms with Crippen molar-refractivity contribution in [2.24, 2.45) is 5.92 Å². The van der Waals surface area contributed by atoms with Crippen molar-refractivity contribution in [3.05, 3.63) is 65.7 Å². The van der Waals surface area contributed by atoms with E-state index in [1.807, 2.05) is 31.2 Å². The molecule has 0 radical (unpaired) electrons. The fourth-order valence-corrected chi connectivity index (χ4v) is 3.38. The van der Waals surface area contributed by atoms with Gasteiger partial charge in [-0.1, -0.05) is 55.5 Å². The van der Waals surface area contributed by atoms with E-state index >= 15 is 0 Å². The molecule has 2 aromatic carbocycles. The van der Waals surface area contributed by atoms with E-state index in [-0.39, 0.29) is 18.9 Å². The molecule has 2 atom stereocenters. The van der Waals surface area contributed by atoms with Crippen LogP contribution in [0.1, 0.15) is 30.5 Å². The van der Waals surface area contributed by atoms with Gasteiger partial charge in [-0.05, 0) is 23.6 Å². The Morgan fingerprint density at radius 3 is 2.48 bits per heavy atom. The fraction of sp³-hybridized carbons (Fsp3) is 0.286. The summed E-state index contributed by atoms with van der Waals surface area (Å²) < 4.78 is 0. The number of aliphatic carboxylic acids is 1. The molecule has 1 heterocycles. The van der Waals surface area contributed by atoms with Gasteiger partial charge in [0.05, 0.1) is 5.92 Å². The number of nitrogens with one attached hydrogen (secondary N) is 1. The highest BCUT2D eigenvalue weighted by molar-refractivity contribution is 6.01.